The Morgan fingerprint density at radius 2 is 0.952 bits per heavy atom. The number of hydrogen-bond acceptors (Lipinski definition) is 3. The highest BCUT2D eigenvalue weighted by atomic mass is 32.1. The summed E-state index contributed by atoms with van der Waals surface area (Å²) in [7, 11) is 0. The van der Waals surface area contributed by atoms with Crippen molar-refractivity contribution < 1.29 is 0 Å². The van der Waals surface area contributed by atoms with Gasteiger partial charge in [-0.15, -0.1) is 11.3 Å². The van der Waals surface area contributed by atoms with Crippen LogP contribution < -0.4 is 20.6 Å². The molecular formula is C58H59BN2S. The van der Waals surface area contributed by atoms with Crippen molar-refractivity contribution in [2.45, 2.75) is 105 Å². The molecule has 62 heavy (non-hydrogen) atoms. The smallest absolute Gasteiger partial charge is 0.333 e. The van der Waals surface area contributed by atoms with Gasteiger partial charge in [-0.25, -0.2) is 0 Å². The summed E-state index contributed by atoms with van der Waals surface area (Å²) in [6, 6.07) is 54.1. The fourth-order valence-corrected chi connectivity index (χ4v) is 11.0. The van der Waals surface area contributed by atoms with E-state index in [4.69, 9.17) is 0 Å². The summed E-state index contributed by atoms with van der Waals surface area (Å²) in [6.45, 7) is 27.9. The standard InChI is InChI=1S/C58H59BN2S/c1-55(2,3)37-22-26-41(27-23-37)61-47-29-25-39(57(7,8)9)33-44(47)45-34-40(58(10,11)12)35-49-53(45)59(61)54-48(30-31-51-52(54)42-20-16-17-21-50(42)62-51)60(49)46-28-24-38(56(4,5)6)32-43(46)36-18-14-13-15-19-36/h13-35H,1-12H3. The first-order valence-corrected chi connectivity index (χ1v) is 23.3. The van der Waals surface area contributed by atoms with Crippen molar-refractivity contribution in [2.75, 3.05) is 9.71 Å². The van der Waals surface area contributed by atoms with Crippen molar-refractivity contribution in [3.63, 3.8) is 0 Å². The van der Waals surface area contributed by atoms with Crippen molar-refractivity contribution in [3.05, 3.63) is 162 Å². The Balaban J connectivity index is 1.40. The minimum atomic E-state index is -0.0967. The van der Waals surface area contributed by atoms with Crippen LogP contribution in [0.3, 0.4) is 0 Å². The lowest BCUT2D eigenvalue weighted by molar-refractivity contribution is 0.589. The predicted molar refractivity (Wildman–Crippen MR) is 273 cm³/mol. The molecule has 8 aromatic rings. The lowest BCUT2D eigenvalue weighted by atomic mass is 9.42. The molecule has 0 bridgehead atoms. The monoisotopic (exact) mass is 826 g/mol. The van der Waals surface area contributed by atoms with Crippen LogP contribution in [0.25, 0.3) is 42.4 Å². The van der Waals surface area contributed by atoms with E-state index >= 15 is 0 Å². The normalized spacial score (nSPS) is 14.0. The van der Waals surface area contributed by atoms with Crippen molar-refractivity contribution >= 4 is 77.7 Å². The van der Waals surface area contributed by atoms with Crippen LogP contribution >= 0.6 is 11.3 Å². The van der Waals surface area contributed by atoms with Gasteiger partial charge in [0.2, 0.25) is 0 Å². The van der Waals surface area contributed by atoms with Crippen LogP contribution in [0.5, 0.6) is 0 Å². The summed E-state index contributed by atoms with van der Waals surface area (Å²) >= 11 is 1.91. The van der Waals surface area contributed by atoms with Crippen molar-refractivity contribution in [2.24, 2.45) is 0 Å². The van der Waals surface area contributed by atoms with Crippen molar-refractivity contribution in [1.29, 1.82) is 0 Å². The van der Waals surface area contributed by atoms with E-state index in [1.54, 1.807) is 0 Å². The molecular weight excluding hydrogens is 768 g/mol. The van der Waals surface area contributed by atoms with Crippen LogP contribution in [0.1, 0.15) is 105 Å². The van der Waals surface area contributed by atoms with E-state index < -0.39 is 0 Å². The molecule has 0 unspecified atom stereocenters. The van der Waals surface area contributed by atoms with E-state index in [0.717, 1.165) is 0 Å². The first kappa shape index (κ1) is 40.5. The average Bonchev–Trinajstić information content (AvgIpc) is 3.61. The molecule has 2 nitrogen and oxygen atoms in total. The SMILES string of the molecule is CC(C)(C)c1ccc(N2B3c4c(cc(C(C)(C)C)cc4N(c4ccc(C(C)(C)C)cc4-c4ccccc4)c4ccc5sc6ccccc6c5c43)-c3cc(C(C)(C)C)ccc32)cc1. The number of nitrogens with zero attached hydrogens (tertiary/aromatic N) is 2. The van der Waals surface area contributed by atoms with Gasteiger partial charge in [-0.1, -0.05) is 162 Å². The summed E-state index contributed by atoms with van der Waals surface area (Å²) in [5, 5.41) is 2.68. The molecule has 7 aromatic carbocycles. The van der Waals surface area contributed by atoms with Crippen LogP contribution in [0.15, 0.2) is 140 Å². The molecule has 0 atom stereocenters. The molecule has 2 aliphatic heterocycles. The number of thiophene rings is 1. The number of anilines is 5. The van der Waals surface area contributed by atoms with Crippen LogP contribution in [0.2, 0.25) is 0 Å². The Hall–Kier alpha value is -5.58. The van der Waals surface area contributed by atoms with Gasteiger partial charge in [-0.2, -0.15) is 0 Å². The molecule has 0 spiro atoms. The Labute approximate surface area is 374 Å². The Kier molecular flexibility index (Phi) is 9.12. The molecule has 1 aromatic heterocycles. The van der Waals surface area contributed by atoms with Crippen LogP contribution in [0.4, 0.5) is 28.4 Å². The quantitative estimate of drug-likeness (QED) is 0.164. The zero-order valence-corrected chi connectivity index (χ0v) is 39.5. The first-order valence-electron chi connectivity index (χ1n) is 22.5. The molecule has 0 aliphatic carbocycles. The van der Waals surface area contributed by atoms with Gasteiger partial charge in [0.05, 0.1) is 5.69 Å². The van der Waals surface area contributed by atoms with E-state index in [-0.39, 0.29) is 28.5 Å². The molecule has 3 heterocycles. The highest BCUT2D eigenvalue weighted by Gasteiger charge is 2.47. The van der Waals surface area contributed by atoms with Gasteiger partial charge in [0.1, 0.15) is 0 Å². The van der Waals surface area contributed by atoms with E-state index in [9.17, 15) is 0 Å². The maximum Gasteiger partial charge on any atom is 0.333 e. The van der Waals surface area contributed by atoms with Crippen LogP contribution in [0, 0.1) is 0 Å². The zero-order chi connectivity index (χ0) is 43.7. The first-order chi connectivity index (χ1) is 29.3. The molecule has 0 fully saturated rings. The molecule has 0 saturated heterocycles. The largest absolute Gasteiger partial charge is 0.376 e. The van der Waals surface area contributed by atoms with E-state index in [1.165, 1.54) is 104 Å². The van der Waals surface area contributed by atoms with Gasteiger partial charge in [0.15, 0.2) is 0 Å². The summed E-state index contributed by atoms with van der Waals surface area (Å²) in [6.07, 6.45) is 0. The van der Waals surface area contributed by atoms with Gasteiger partial charge in [-0.3, -0.25) is 0 Å². The topological polar surface area (TPSA) is 6.48 Å². The number of rotatable bonds is 3. The number of benzene rings is 7. The molecule has 4 heteroatoms. The maximum atomic E-state index is 2.69. The molecule has 0 radical (unpaired) electrons. The molecule has 2 aliphatic rings. The summed E-state index contributed by atoms with van der Waals surface area (Å²) in [5.41, 5.74) is 19.2. The Morgan fingerprint density at radius 1 is 0.403 bits per heavy atom. The predicted octanol–water partition coefficient (Wildman–Crippen LogP) is 15.6. The number of hydrogen-bond donors (Lipinski definition) is 0. The molecule has 310 valence electrons. The Bertz CT molecular complexity index is 3050. The summed E-state index contributed by atoms with van der Waals surface area (Å²) < 4.78 is 2.65. The third-order valence-electron chi connectivity index (χ3n) is 13.5. The fraction of sp³-hybridized carbons (Fsp3) is 0.276. The Morgan fingerprint density at radius 3 is 1.60 bits per heavy atom. The zero-order valence-electron chi connectivity index (χ0n) is 38.7. The third kappa shape index (κ3) is 6.51. The van der Waals surface area contributed by atoms with E-state index in [2.05, 4.69) is 232 Å². The van der Waals surface area contributed by atoms with Gasteiger partial charge in [-0.05, 0) is 137 Å². The van der Waals surface area contributed by atoms with Crippen molar-refractivity contribution in [3.8, 4) is 22.3 Å². The van der Waals surface area contributed by atoms with E-state index in [0.29, 0.717) is 0 Å². The molecule has 10 rings (SSSR count). The van der Waals surface area contributed by atoms with Gasteiger partial charge < -0.3 is 9.71 Å². The highest BCUT2D eigenvalue weighted by Crippen LogP contribution is 2.52. The molecule has 0 N–H and O–H groups in total. The third-order valence-corrected chi connectivity index (χ3v) is 14.6. The second-order valence-electron chi connectivity index (χ2n) is 21.9. The van der Waals surface area contributed by atoms with Crippen LogP contribution in [-0.2, 0) is 21.7 Å². The van der Waals surface area contributed by atoms with Crippen molar-refractivity contribution in [1.82, 2.24) is 0 Å². The molecule has 0 saturated carbocycles. The van der Waals surface area contributed by atoms with E-state index in [1.807, 2.05) is 11.3 Å². The number of fused-ring (bicyclic) bond motifs is 8. The van der Waals surface area contributed by atoms with Crippen LogP contribution in [-0.4, -0.2) is 6.85 Å². The summed E-state index contributed by atoms with van der Waals surface area (Å²) in [5.74, 6) is 0. The lowest BCUT2D eigenvalue weighted by Crippen LogP contribution is -2.62. The minimum Gasteiger partial charge on any atom is -0.376 e. The average molecular weight is 827 g/mol. The summed E-state index contributed by atoms with van der Waals surface area (Å²) in [4.78, 5) is 5.35. The van der Waals surface area contributed by atoms with Gasteiger partial charge in [0, 0.05) is 43.3 Å². The molecule has 0 amide bonds. The second-order valence-corrected chi connectivity index (χ2v) is 23.0. The minimum absolute atomic E-state index is 0.0163. The van der Waals surface area contributed by atoms with Gasteiger partial charge in [0.25, 0.3) is 0 Å². The lowest BCUT2D eigenvalue weighted by Gasteiger charge is -2.47. The fourth-order valence-electron chi connectivity index (χ4n) is 9.89. The highest BCUT2D eigenvalue weighted by molar-refractivity contribution is 7.26. The second kappa shape index (κ2) is 14.0. The maximum absolute atomic E-state index is 2.69. The van der Waals surface area contributed by atoms with Gasteiger partial charge >= 0.3 is 6.85 Å².